The smallest absolute Gasteiger partial charge is 0.254 e. The van der Waals surface area contributed by atoms with Crippen LogP contribution in [0.1, 0.15) is 32.9 Å². The Kier molecular flexibility index (Phi) is 7.25. The number of amides is 1. The summed E-state index contributed by atoms with van der Waals surface area (Å²) in [6.07, 6.45) is 3.74. The van der Waals surface area contributed by atoms with Gasteiger partial charge in [0.05, 0.1) is 20.3 Å². The van der Waals surface area contributed by atoms with Crippen LogP contribution in [0.25, 0.3) is 0 Å². The van der Waals surface area contributed by atoms with Crippen LogP contribution in [0.2, 0.25) is 0 Å². The van der Waals surface area contributed by atoms with E-state index in [0.717, 1.165) is 5.82 Å². The van der Waals surface area contributed by atoms with Crippen molar-refractivity contribution in [1.82, 2.24) is 14.5 Å². The summed E-state index contributed by atoms with van der Waals surface area (Å²) in [5.41, 5.74) is 4.30. The van der Waals surface area contributed by atoms with Gasteiger partial charge in [-0.2, -0.15) is 0 Å². The van der Waals surface area contributed by atoms with Gasteiger partial charge in [-0.1, -0.05) is 29.8 Å². The third-order valence-electron chi connectivity index (χ3n) is 5.15. The van der Waals surface area contributed by atoms with Gasteiger partial charge in [0.15, 0.2) is 0 Å². The molecule has 1 aromatic heterocycles. The second-order valence-electron chi connectivity index (χ2n) is 7.35. The average Bonchev–Trinajstić information content (AvgIpc) is 3.19. The lowest BCUT2D eigenvalue weighted by molar-refractivity contribution is 0.0673. The predicted octanol–water partition coefficient (Wildman–Crippen LogP) is 3.85. The maximum atomic E-state index is 13.2. The highest BCUT2D eigenvalue weighted by atomic mass is 16.5. The lowest BCUT2D eigenvalue weighted by Crippen LogP contribution is -2.34. The van der Waals surface area contributed by atoms with E-state index in [0.29, 0.717) is 37.6 Å². The molecule has 0 N–H and O–H groups in total. The molecule has 0 saturated heterocycles. The van der Waals surface area contributed by atoms with Gasteiger partial charge in [0, 0.05) is 38.2 Å². The number of ether oxygens (including phenoxy) is 2. The summed E-state index contributed by atoms with van der Waals surface area (Å²) in [5.74, 6) is 1.42. The van der Waals surface area contributed by atoms with Crippen molar-refractivity contribution in [3.63, 3.8) is 0 Å². The highest BCUT2D eigenvalue weighted by Crippen LogP contribution is 2.17. The normalized spacial score (nSPS) is 10.8. The van der Waals surface area contributed by atoms with Crippen molar-refractivity contribution in [1.29, 1.82) is 0 Å². The van der Waals surface area contributed by atoms with Crippen molar-refractivity contribution in [2.75, 3.05) is 27.4 Å². The summed E-state index contributed by atoms with van der Waals surface area (Å²) in [5, 5.41) is 0. The van der Waals surface area contributed by atoms with Gasteiger partial charge in [-0.15, -0.1) is 0 Å². The van der Waals surface area contributed by atoms with Gasteiger partial charge in [0.2, 0.25) is 0 Å². The summed E-state index contributed by atoms with van der Waals surface area (Å²) in [6, 6.07) is 13.7. The van der Waals surface area contributed by atoms with Crippen LogP contribution in [0.4, 0.5) is 0 Å². The number of carbonyl (C=O) groups is 1. The van der Waals surface area contributed by atoms with Gasteiger partial charge in [-0.25, -0.2) is 4.98 Å². The highest BCUT2D eigenvalue weighted by molar-refractivity contribution is 5.94. The molecular formula is C24H29N3O3. The molecule has 3 rings (SSSR count). The summed E-state index contributed by atoms with van der Waals surface area (Å²) < 4.78 is 12.6. The Hall–Kier alpha value is -3.12. The van der Waals surface area contributed by atoms with Crippen molar-refractivity contribution in [3.8, 4) is 5.75 Å². The summed E-state index contributed by atoms with van der Waals surface area (Å²) in [6.45, 7) is 6.25. The number of nitrogens with zero attached hydrogens (tertiary/aromatic N) is 3. The summed E-state index contributed by atoms with van der Waals surface area (Å²) in [4.78, 5) is 19.5. The van der Waals surface area contributed by atoms with Crippen molar-refractivity contribution in [2.45, 2.75) is 26.9 Å². The van der Waals surface area contributed by atoms with E-state index in [4.69, 9.17) is 9.47 Å². The third kappa shape index (κ3) is 5.27. The van der Waals surface area contributed by atoms with Crippen LogP contribution in [0.15, 0.2) is 54.9 Å². The molecule has 0 radical (unpaired) electrons. The number of hydrogen-bond donors (Lipinski definition) is 0. The molecule has 0 atom stereocenters. The first kappa shape index (κ1) is 21.6. The van der Waals surface area contributed by atoms with E-state index in [-0.39, 0.29) is 5.91 Å². The van der Waals surface area contributed by atoms with Crippen molar-refractivity contribution >= 4 is 5.91 Å². The van der Waals surface area contributed by atoms with Crippen LogP contribution in [0, 0.1) is 13.8 Å². The molecular weight excluding hydrogens is 378 g/mol. The lowest BCUT2D eigenvalue weighted by Gasteiger charge is -2.23. The van der Waals surface area contributed by atoms with Crippen LogP contribution in [0.5, 0.6) is 5.75 Å². The largest absolute Gasteiger partial charge is 0.497 e. The van der Waals surface area contributed by atoms with E-state index in [2.05, 4.69) is 41.6 Å². The molecule has 1 amide bonds. The van der Waals surface area contributed by atoms with E-state index in [1.165, 1.54) is 16.7 Å². The molecule has 6 nitrogen and oxygen atoms in total. The maximum Gasteiger partial charge on any atom is 0.254 e. The molecule has 3 aromatic rings. The number of methoxy groups -OCH3 is 2. The second-order valence-corrected chi connectivity index (χ2v) is 7.35. The van der Waals surface area contributed by atoms with Gasteiger partial charge < -0.3 is 18.9 Å². The first-order chi connectivity index (χ1) is 14.5. The zero-order chi connectivity index (χ0) is 21.5. The van der Waals surface area contributed by atoms with Crippen molar-refractivity contribution < 1.29 is 14.3 Å². The standard InChI is InChI=1S/C24H29N3O3/c1-18-8-9-19(2)21(14-18)16-26-11-10-25-23(26)17-27(12-13-29-3)24(28)20-6-5-7-22(15-20)30-4/h5-11,14-15H,12-13,16-17H2,1-4H3. The molecule has 0 unspecified atom stereocenters. The topological polar surface area (TPSA) is 56.6 Å². The highest BCUT2D eigenvalue weighted by Gasteiger charge is 2.19. The Morgan fingerprint density at radius 2 is 1.97 bits per heavy atom. The fourth-order valence-corrected chi connectivity index (χ4v) is 3.35. The van der Waals surface area contributed by atoms with Gasteiger partial charge in [0.25, 0.3) is 5.91 Å². The van der Waals surface area contributed by atoms with Crippen molar-refractivity contribution in [3.05, 3.63) is 82.9 Å². The Morgan fingerprint density at radius 1 is 1.13 bits per heavy atom. The van der Waals surface area contributed by atoms with Crippen LogP contribution >= 0.6 is 0 Å². The van der Waals surface area contributed by atoms with E-state index in [1.807, 2.05) is 18.3 Å². The van der Waals surface area contributed by atoms with E-state index < -0.39 is 0 Å². The molecule has 0 spiro atoms. The number of carbonyl (C=O) groups excluding carboxylic acids is 1. The minimum atomic E-state index is -0.0766. The van der Waals surface area contributed by atoms with Gasteiger partial charge >= 0.3 is 0 Å². The van der Waals surface area contributed by atoms with Crippen LogP contribution in [-0.4, -0.2) is 47.7 Å². The minimum Gasteiger partial charge on any atom is -0.497 e. The summed E-state index contributed by atoms with van der Waals surface area (Å²) >= 11 is 0. The molecule has 0 aliphatic carbocycles. The Labute approximate surface area is 178 Å². The van der Waals surface area contributed by atoms with E-state index in [9.17, 15) is 4.79 Å². The fraction of sp³-hybridized carbons (Fsp3) is 0.333. The molecule has 0 aliphatic heterocycles. The van der Waals surface area contributed by atoms with E-state index >= 15 is 0 Å². The van der Waals surface area contributed by atoms with Crippen LogP contribution in [-0.2, 0) is 17.8 Å². The molecule has 1 heterocycles. The van der Waals surface area contributed by atoms with Crippen molar-refractivity contribution in [2.24, 2.45) is 0 Å². The van der Waals surface area contributed by atoms with Crippen LogP contribution < -0.4 is 4.74 Å². The number of benzene rings is 2. The zero-order valence-corrected chi connectivity index (χ0v) is 18.1. The molecule has 2 aromatic carbocycles. The number of aryl methyl sites for hydroxylation is 2. The minimum absolute atomic E-state index is 0.0766. The fourth-order valence-electron chi connectivity index (χ4n) is 3.35. The lowest BCUT2D eigenvalue weighted by atomic mass is 10.1. The van der Waals surface area contributed by atoms with Gasteiger partial charge in [-0.05, 0) is 43.2 Å². The van der Waals surface area contributed by atoms with Crippen LogP contribution in [0.3, 0.4) is 0 Å². The molecule has 0 bridgehead atoms. The number of rotatable bonds is 9. The summed E-state index contributed by atoms with van der Waals surface area (Å²) in [7, 11) is 3.23. The number of imidazole rings is 1. The van der Waals surface area contributed by atoms with Gasteiger partial charge in [0.1, 0.15) is 11.6 Å². The van der Waals surface area contributed by atoms with E-state index in [1.54, 1.807) is 37.4 Å². The SMILES string of the molecule is COCCN(Cc1nccn1Cc1cc(C)ccc1C)C(=O)c1cccc(OC)c1. The Bertz CT molecular complexity index is 997. The quantitative estimate of drug-likeness (QED) is 0.541. The first-order valence-corrected chi connectivity index (χ1v) is 10.00. The predicted molar refractivity (Wildman–Crippen MR) is 117 cm³/mol. The average molecular weight is 408 g/mol. The van der Waals surface area contributed by atoms with Gasteiger partial charge in [-0.3, -0.25) is 4.79 Å². The zero-order valence-electron chi connectivity index (χ0n) is 18.1. The maximum absolute atomic E-state index is 13.2. The number of aromatic nitrogens is 2. The molecule has 158 valence electrons. The second kappa shape index (κ2) is 10.1. The monoisotopic (exact) mass is 407 g/mol. The Balaban J connectivity index is 1.83. The molecule has 30 heavy (non-hydrogen) atoms. The third-order valence-corrected chi connectivity index (χ3v) is 5.15. The molecule has 0 saturated carbocycles. The molecule has 0 aliphatic rings. The number of hydrogen-bond acceptors (Lipinski definition) is 4. The first-order valence-electron chi connectivity index (χ1n) is 10.00. The Morgan fingerprint density at radius 3 is 2.73 bits per heavy atom. The molecule has 0 fully saturated rings. The molecule has 6 heteroatoms.